The van der Waals surface area contributed by atoms with Gasteiger partial charge in [0.05, 0.1) is 18.7 Å². The van der Waals surface area contributed by atoms with Crippen LogP contribution in [0.1, 0.15) is 79.7 Å². The minimum atomic E-state index is -0.821. The smallest absolute Gasteiger partial charge is 0.303 e. The molecule has 7 heteroatoms. The van der Waals surface area contributed by atoms with Gasteiger partial charge in [-0.2, -0.15) is 5.10 Å². The van der Waals surface area contributed by atoms with E-state index in [1.165, 1.54) is 29.7 Å². The lowest BCUT2D eigenvalue weighted by atomic mass is 9.83. The molecule has 192 valence electrons. The molecule has 0 saturated heterocycles. The van der Waals surface area contributed by atoms with Crippen molar-refractivity contribution in [3.05, 3.63) is 74.6 Å². The van der Waals surface area contributed by atoms with E-state index in [0.717, 1.165) is 40.7 Å². The molecule has 3 aromatic rings. The predicted molar refractivity (Wildman–Crippen MR) is 145 cm³/mol. The first-order valence-corrected chi connectivity index (χ1v) is 13.5. The van der Waals surface area contributed by atoms with Crippen molar-refractivity contribution in [1.82, 2.24) is 14.8 Å². The number of halogens is 1. The zero-order valence-electron chi connectivity index (χ0n) is 21.7. The van der Waals surface area contributed by atoms with Crippen LogP contribution in [0.5, 0.6) is 5.88 Å². The predicted octanol–water partition coefficient (Wildman–Crippen LogP) is 6.18. The van der Waals surface area contributed by atoms with Crippen LogP contribution in [0.3, 0.4) is 0 Å². The third kappa shape index (κ3) is 6.55. The highest BCUT2D eigenvalue weighted by molar-refractivity contribution is 9.10. The average molecular weight is 555 g/mol. The monoisotopic (exact) mass is 553 g/mol. The summed E-state index contributed by atoms with van der Waals surface area (Å²) in [5.41, 5.74) is 6.66. The zero-order valence-corrected chi connectivity index (χ0v) is 23.3. The quantitative estimate of drug-likeness (QED) is 0.342. The molecule has 1 atom stereocenters. The number of carboxylic acid groups (broad SMARTS) is 1. The number of carbonyl (C=O) groups is 1. The van der Waals surface area contributed by atoms with Crippen molar-refractivity contribution in [2.75, 3.05) is 6.61 Å². The summed E-state index contributed by atoms with van der Waals surface area (Å²) in [4.78, 5) is 16.6. The lowest BCUT2D eigenvalue weighted by Gasteiger charge is -2.23. The van der Waals surface area contributed by atoms with Crippen LogP contribution in [0.15, 0.2) is 40.9 Å². The molecule has 0 spiro atoms. The molecule has 6 nitrogen and oxygen atoms in total. The lowest BCUT2D eigenvalue weighted by molar-refractivity contribution is -0.137. The molecule has 1 aromatic carbocycles. The Morgan fingerprint density at radius 1 is 1.14 bits per heavy atom. The van der Waals surface area contributed by atoms with Gasteiger partial charge in [0.15, 0.2) is 0 Å². The van der Waals surface area contributed by atoms with Gasteiger partial charge in [-0.25, -0.2) is 4.68 Å². The van der Waals surface area contributed by atoms with Gasteiger partial charge in [-0.15, -0.1) is 0 Å². The van der Waals surface area contributed by atoms with Gasteiger partial charge in [0.25, 0.3) is 0 Å². The van der Waals surface area contributed by atoms with Gasteiger partial charge in [0, 0.05) is 41.3 Å². The van der Waals surface area contributed by atoms with Crippen molar-refractivity contribution in [3.8, 4) is 5.88 Å². The van der Waals surface area contributed by atoms with Gasteiger partial charge in [-0.3, -0.25) is 9.78 Å². The highest BCUT2D eigenvalue weighted by atomic mass is 79.9. The number of aliphatic carboxylic acids is 1. The van der Waals surface area contributed by atoms with Crippen LogP contribution in [0, 0.1) is 0 Å². The van der Waals surface area contributed by atoms with E-state index in [1.54, 1.807) is 4.68 Å². The Balaban J connectivity index is 1.45. The van der Waals surface area contributed by atoms with Gasteiger partial charge in [-0.05, 0) is 66.3 Å². The average Bonchev–Trinajstić information content (AvgIpc) is 3.16. The molecule has 0 radical (unpaired) electrons. The van der Waals surface area contributed by atoms with Gasteiger partial charge in [0.1, 0.15) is 0 Å². The summed E-state index contributed by atoms with van der Waals surface area (Å²) in [5, 5.41) is 14.3. The zero-order chi connectivity index (χ0) is 25.9. The van der Waals surface area contributed by atoms with E-state index < -0.39 is 5.97 Å². The second kappa shape index (κ2) is 11.2. The Morgan fingerprint density at radius 3 is 2.67 bits per heavy atom. The SMILES string of the molecule is Cn1nc(CC(CC(=O)O)c2cc(C(C)(C)C)ccc2Br)cc1OCCc1ccc2c(n1)CCCC2. The number of hydrogen-bond donors (Lipinski definition) is 1. The molecule has 1 N–H and O–H groups in total. The summed E-state index contributed by atoms with van der Waals surface area (Å²) in [5.74, 6) is -0.348. The van der Waals surface area contributed by atoms with Crippen LogP contribution in [0.4, 0.5) is 0 Å². The summed E-state index contributed by atoms with van der Waals surface area (Å²) < 4.78 is 8.71. The fraction of sp³-hybridized carbons (Fsp3) is 0.483. The largest absolute Gasteiger partial charge is 0.481 e. The van der Waals surface area contributed by atoms with E-state index in [1.807, 2.05) is 19.2 Å². The second-order valence-electron chi connectivity index (χ2n) is 10.8. The highest BCUT2D eigenvalue weighted by Gasteiger charge is 2.23. The van der Waals surface area contributed by atoms with E-state index in [2.05, 4.69) is 66.1 Å². The molecule has 4 rings (SSSR count). The molecule has 36 heavy (non-hydrogen) atoms. The van der Waals surface area contributed by atoms with E-state index >= 15 is 0 Å². The minimum Gasteiger partial charge on any atom is -0.481 e. The molecular weight excluding hydrogens is 518 g/mol. The maximum Gasteiger partial charge on any atom is 0.303 e. The number of carboxylic acids is 1. The van der Waals surface area contributed by atoms with E-state index in [-0.39, 0.29) is 17.8 Å². The first kappa shape index (κ1) is 26.4. The third-order valence-corrected chi connectivity index (χ3v) is 7.63. The maximum atomic E-state index is 11.7. The molecule has 1 aliphatic carbocycles. The Bertz CT molecular complexity index is 1230. The first-order valence-electron chi connectivity index (χ1n) is 12.8. The Labute approximate surface area is 222 Å². The molecule has 0 bridgehead atoms. The van der Waals surface area contributed by atoms with Crippen molar-refractivity contribution in [1.29, 1.82) is 0 Å². The van der Waals surface area contributed by atoms with Gasteiger partial charge >= 0.3 is 5.97 Å². The summed E-state index contributed by atoms with van der Waals surface area (Å²) in [6.45, 7) is 7.00. The Hall–Kier alpha value is -2.67. The minimum absolute atomic E-state index is 0.0257. The van der Waals surface area contributed by atoms with Gasteiger partial charge in [-0.1, -0.05) is 54.9 Å². The molecule has 1 unspecified atom stereocenters. The van der Waals surface area contributed by atoms with Crippen LogP contribution in [-0.2, 0) is 42.9 Å². The van der Waals surface area contributed by atoms with Crippen LogP contribution in [0.25, 0.3) is 0 Å². The van der Waals surface area contributed by atoms with E-state index in [9.17, 15) is 9.90 Å². The summed E-state index contributed by atoms with van der Waals surface area (Å²) in [6, 6.07) is 12.5. The molecule has 0 aliphatic heterocycles. The van der Waals surface area contributed by atoms with Crippen LogP contribution >= 0.6 is 15.9 Å². The Kier molecular flexibility index (Phi) is 8.18. The molecule has 1 aliphatic rings. The standard InChI is InChI=1S/C29H36BrN3O3/c1-29(2,3)21-10-12-25(30)24(17-21)20(16-28(34)35)15-23-18-27(33(4)32-23)36-14-13-22-11-9-19-7-5-6-8-26(19)31-22/h9-12,17-18,20H,5-8,13-16H2,1-4H3,(H,34,35). The number of aryl methyl sites for hydroxylation is 3. The summed E-state index contributed by atoms with van der Waals surface area (Å²) >= 11 is 3.65. The number of benzene rings is 1. The van der Waals surface area contributed by atoms with Crippen molar-refractivity contribution in [3.63, 3.8) is 0 Å². The number of fused-ring (bicyclic) bond motifs is 1. The van der Waals surface area contributed by atoms with E-state index in [4.69, 9.17) is 9.72 Å². The molecule has 0 saturated carbocycles. The third-order valence-electron chi connectivity index (χ3n) is 6.91. The number of hydrogen-bond acceptors (Lipinski definition) is 4. The number of aromatic nitrogens is 3. The summed E-state index contributed by atoms with van der Waals surface area (Å²) in [6.07, 6.45) is 5.97. The number of rotatable bonds is 9. The van der Waals surface area contributed by atoms with Crippen LogP contribution < -0.4 is 4.74 Å². The van der Waals surface area contributed by atoms with E-state index in [0.29, 0.717) is 18.9 Å². The number of pyridine rings is 1. The maximum absolute atomic E-state index is 11.7. The molecule has 2 heterocycles. The lowest BCUT2D eigenvalue weighted by Crippen LogP contribution is -2.15. The normalized spacial score (nSPS) is 14.4. The van der Waals surface area contributed by atoms with Gasteiger partial charge in [0.2, 0.25) is 5.88 Å². The summed E-state index contributed by atoms with van der Waals surface area (Å²) in [7, 11) is 1.86. The molecule has 0 amide bonds. The van der Waals surface area contributed by atoms with Crippen molar-refractivity contribution < 1.29 is 14.6 Å². The molecule has 0 fully saturated rings. The van der Waals surface area contributed by atoms with Crippen molar-refractivity contribution in [2.45, 2.75) is 77.0 Å². The van der Waals surface area contributed by atoms with Crippen LogP contribution in [0.2, 0.25) is 0 Å². The topological polar surface area (TPSA) is 77.2 Å². The number of nitrogens with zero attached hydrogens (tertiary/aromatic N) is 3. The van der Waals surface area contributed by atoms with Gasteiger partial charge < -0.3 is 9.84 Å². The number of ether oxygens (including phenoxy) is 1. The van der Waals surface area contributed by atoms with Crippen molar-refractivity contribution >= 4 is 21.9 Å². The molecular formula is C29H36BrN3O3. The first-order chi connectivity index (χ1) is 17.1. The highest BCUT2D eigenvalue weighted by Crippen LogP contribution is 2.35. The van der Waals surface area contributed by atoms with Crippen LogP contribution in [-0.4, -0.2) is 32.4 Å². The fourth-order valence-corrected chi connectivity index (χ4v) is 5.42. The Morgan fingerprint density at radius 2 is 1.92 bits per heavy atom. The molecule has 2 aromatic heterocycles. The van der Waals surface area contributed by atoms with Crippen molar-refractivity contribution in [2.24, 2.45) is 7.05 Å². The second-order valence-corrected chi connectivity index (χ2v) is 11.7. The fourth-order valence-electron chi connectivity index (χ4n) is 4.85.